The topological polar surface area (TPSA) is 109 Å². The summed E-state index contributed by atoms with van der Waals surface area (Å²) in [4.78, 5) is 12.8. The molecule has 0 radical (unpaired) electrons. The predicted molar refractivity (Wildman–Crippen MR) is 122 cm³/mol. The van der Waals surface area contributed by atoms with Gasteiger partial charge in [-0.2, -0.15) is 8.42 Å². The molecule has 1 heterocycles. The summed E-state index contributed by atoms with van der Waals surface area (Å²) in [5.41, 5.74) is 1.86. The van der Waals surface area contributed by atoms with E-state index in [9.17, 15) is 18.3 Å². The fourth-order valence-electron chi connectivity index (χ4n) is 4.28. The van der Waals surface area contributed by atoms with E-state index in [4.69, 9.17) is 4.42 Å². The van der Waals surface area contributed by atoms with Crippen molar-refractivity contribution < 1.29 is 22.7 Å². The predicted octanol–water partition coefficient (Wildman–Crippen LogP) is 5.04. The molecular formula is C24H32N2O5S. The fraction of sp³-hybridized carbons (Fsp3) is 0.542. The average molecular weight is 461 g/mol. The molecule has 4 rings (SSSR count). The Hall–Kier alpha value is -2.32. The summed E-state index contributed by atoms with van der Waals surface area (Å²) in [6, 6.07) is 6.48. The Morgan fingerprint density at radius 3 is 2.06 bits per heavy atom. The smallest absolute Gasteiger partial charge is 0.333 e. The van der Waals surface area contributed by atoms with Crippen LogP contribution in [0.5, 0.6) is 0 Å². The summed E-state index contributed by atoms with van der Waals surface area (Å²) in [7, 11) is -4.23. The number of urea groups is 1. The Bertz CT molecular complexity index is 1070. The first-order valence-corrected chi connectivity index (χ1v) is 12.7. The van der Waals surface area contributed by atoms with Crippen LogP contribution in [-0.2, 0) is 15.6 Å². The summed E-state index contributed by atoms with van der Waals surface area (Å²) >= 11 is 0. The van der Waals surface area contributed by atoms with E-state index in [2.05, 4.69) is 23.9 Å². The molecule has 2 saturated carbocycles. The summed E-state index contributed by atoms with van der Waals surface area (Å²) in [5, 5.41) is 12.5. The van der Waals surface area contributed by atoms with Crippen LogP contribution in [0.2, 0.25) is 0 Å². The van der Waals surface area contributed by atoms with Crippen LogP contribution < -0.4 is 10.0 Å². The average Bonchev–Trinajstić information content (AvgIpc) is 3.63. The first kappa shape index (κ1) is 22.9. The Kier molecular flexibility index (Phi) is 5.88. The van der Waals surface area contributed by atoms with Gasteiger partial charge in [-0.25, -0.2) is 9.52 Å². The van der Waals surface area contributed by atoms with Crippen molar-refractivity contribution in [3.05, 3.63) is 47.2 Å². The van der Waals surface area contributed by atoms with Crippen molar-refractivity contribution >= 4 is 21.7 Å². The van der Waals surface area contributed by atoms with Crippen LogP contribution >= 0.6 is 0 Å². The number of aliphatic hydroxyl groups is 1. The number of amides is 2. The zero-order valence-electron chi connectivity index (χ0n) is 19.0. The van der Waals surface area contributed by atoms with Crippen LogP contribution in [0.1, 0.15) is 81.9 Å². The monoisotopic (exact) mass is 460 g/mol. The molecule has 2 aromatic rings. The molecule has 1 aromatic carbocycles. The van der Waals surface area contributed by atoms with Crippen LogP contribution in [0.25, 0.3) is 0 Å². The molecule has 2 aliphatic rings. The van der Waals surface area contributed by atoms with Gasteiger partial charge in [0.1, 0.15) is 0 Å². The van der Waals surface area contributed by atoms with Gasteiger partial charge in [0.25, 0.3) is 10.0 Å². The first-order valence-electron chi connectivity index (χ1n) is 11.3. The van der Waals surface area contributed by atoms with Crippen LogP contribution in [-0.4, -0.2) is 19.6 Å². The minimum absolute atomic E-state index is 0.285. The highest BCUT2D eigenvalue weighted by molar-refractivity contribution is 7.89. The van der Waals surface area contributed by atoms with Crippen LogP contribution in [0.3, 0.4) is 0 Å². The molecule has 1 aromatic heterocycles. The van der Waals surface area contributed by atoms with Crippen molar-refractivity contribution in [1.82, 2.24) is 4.72 Å². The minimum atomic E-state index is -4.23. The molecule has 8 heteroatoms. The summed E-state index contributed by atoms with van der Waals surface area (Å²) < 4.78 is 32.6. The number of furan rings is 1. The number of nitrogens with one attached hydrogen (secondary N) is 2. The molecule has 0 saturated heterocycles. The summed E-state index contributed by atoms with van der Waals surface area (Å²) in [5.74, 6) is 1.76. The maximum atomic E-state index is 12.8. The molecule has 2 fully saturated rings. The Balaban J connectivity index is 1.58. The molecule has 2 aliphatic carbocycles. The maximum absolute atomic E-state index is 12.8. The van der Waals surface area contributed by atoms with Gasteiger partial charge in [-0.05, 0) is 74.3 Å². The van der Waals surface area contributed by atoms with Crippen molar-refractivity contribution in [2.45, 2.75) is 75.9 Å². The summed E-state index contributed by atoms with van der Waals surface area (Å²) in [6.45, 7) is 7.38. The zero-order valence-corrected chi connectivity index (χ0v) is 19.8. The standard InChI is InChI=1S/C24H32N2O5S/c1-14(16-8-9-16)19-6-5-7-20(15(2)17-10-11-17)22(19)25-23(27)26-32(29,30)21-12-18(13-31-21)24(3,4)28/h5-7,12-17,28H,8-11H2,1-4H3,(H2,25,26,27). The van der Waals surface area contributed by atoms with E-state index in [-0.39, 0.29) is 11.8 Å². The molecular weight excluding hydrogens is 428 g/mol. The van der Waals surface area contributed by atoms with Gasteiger partial charge in [-0.15, -0.1) is 0 Å². The second-order valence-corrected chi connectivity index (χ2v) is 11.5. The van der Waals surface area contributed by atoms with Crippen LogP contribution in [0, 0.1) is 11.8 Å². The minimum Gasteiger partial charge on any atom is -0.451 e. The lowest BCUT2D eigenvalue weighted by Crippen LogP contribution is -2.35. The van der Waals surface area contributed by atoms with Crippen molar-refractivity contribution in [3.8, 4) is 0 Å². The normalized spacial score (nSPS) is 18.8. The van der Waals surface area contributed by atoms with Gasteiger partial charge >= 0.3 is 6.03 Å². The lowest BCUT2D eigenvalue weighted by Gasteiger charge is -2.23. The van der Waals surface area contributed by atoms with E-state index in [1.165, 1.54) is 51.9 Å². The van der Waals surface area contributed by atoms with E-state index < -0.39 is 26.7 Å². The maximum Gasteiger partial charge on any atom is 0.333 e. The van der Waals surface area contributed by atoms with E-state index in [0.717, 1.165) is 16.8 Å². The quantitative estimate of drug-likeness (QED) is 0.511. The third-order valence-corrected chi connectivity index (χ3v) is 7.98. The number of anilines is 1. The zero-order chi connectivity index (χ0) is 23.3. The SMILES string of the molecule is CC(c1cccc(C(C)C2CC2)c1NC(=O)NS(=O)(=O)c1cc(C(C)(C)O)co1)C1CC1. The molecule has 2 unspecified atom stereocenters. The largest absolute Gasteiger partial charge is 0.451 e. The fourth-order valence-corrected chi connectivity index (χ4v) is 5.13. The van der Waals surface area contributed by atoms with Crippen molar-refractivity contribution in [3.63, 3.8) is 0 Å². The molecule has 3 N–H and O–H groups in total. The van der Waals surface area contributed by atoms with Gasteiger partial charge in [0, 0.05) is 17.3 Å². The highest BCUT2D eigenvalue weighted by Crippen LogP contribution is 2.49. The molecule has 2 atom stereocenters. The van der Waals surface area contributed by atoms with E-state index in [1.54, 1.807) is 0 Å². The third kappa shape index (κ3) is 4.86. The molecule has 0 spiro atoms. The van der Waals surface area contributed by atoms with Crippen molar-refractivity contribution in [2.75, 3.05) is 5.32 Å². The van der Waals surface area contributed by atoms with Gasteiger partial charge in [-0.1, -0.05) is 32.0 Å². The number of hydrogen-bond acceptors (Lipinski definition) is 5. The molecule has 2 amide bonds. The van der Waals surface area contributed by atoms with Crippen molar-refractivity contribution in [1.29, 1.82) is 0 Å². The van der Waals surface area contributed by atoms with Gasteiger partial charge in [0.15, 0.2) is 0 Å². The first-order chi connectivity index (χ1) is 15.0. The lowest BCUT2D eigenvalue weighted by molar-refractivity contribution is 0.0779. The Morgan fingerprint density at radius 1 is 1.09 bits per heavy atom. The van der Waals surface area contributed by atoms with Gasteiger partial charge in [-0.3, -0.25) is 0 Å². The number of carbonyl (C=O) groups excluding carboxylic acids is 1. The number of hydrogen-bond donors (Lipinski definition) is 3. The van der Waals surface area contributed by atoms with Gasteiger partial charge < -0.3 is 14.8 Å². The number of sulfonamides is 1. The van der Waals surface area contributed by atoms with Gasteiger partial charge in [0.2, 0.25) is 5.09 Å². The third-order valence-electron chi connectivity index (χ3n) is 6.78. The Morgan fingerprint density at radius 2 is 1.62 bits per heavy atom. The number of carbonyl (C=O) groups is 1. The number of rotatable bonds is 8. The second-order valence-electron chi connectivity index (χ2n) is 9.84. The lowest BCUT2D eigenvalue weighted by atomic mass is 9.87. The molecule has 7 nitrogen and oxygen atoms in total. The van der Waals surface area contributed by atoms with Crippen molar-refractivity contribution in [2.24, 2.45) is 11.8 Å². The van der Waals surface area contributed by atoms with E-state index in [1.807, 2.05) is 18.2 Å². The van der Waals surface area contributed by atoms with E-state index in [0.29, 0.717) is 17.4 Å². The molecule has 0 bridgehead atoms. The molecule has 32 heavy (non-hydrogen) atoms. The second kappa shape index (κ2) is 8.23. The number of benzene rings is 1. The highest BCUT2D eigenvalue weighted by atomic mass is 32.2. The van der Waals surface area contributed by atoms with Gasteiger partial charge in [0.05, 0.1) is 11.9 Å². The highest BCUT2D eigenvalue weighted by Gasteiger charge is 2.35. The van der Waals surface area contributed by atoms with E-state index >= 15 is 0 Å². The Labute approximate surface area is 189 Å². The van der Waals surface area contributed by atoms with Crippen LogP contribution in [0.4, 0.5) is 10.5 Å². The van der Waals surface area contributed by atoms with Crippen LogP contribution in [0.15, 0.2) is 40.0 Å². The molecule has 174 valence electrons. The number of para-hydroxylation sites is 1. The molecule has 0 aliphatic heterocycles. The summed E-state index contributed by atoms with van der Waals surface area (Å²) in [6.07, 6.45) is 5.86.